The van der Waals surface area contributed by atoms with Crippen LogP contribution in [-0.4, -0.2) is 114 Å². The number of halogens is 6. The molecule has 0 aliphatic heterocycles. The maximum absolute atomic E-state index is 13.6. The normalized spacial score (nSPS) is 12.9. The molecule has 0 bridgehead atoms. The summed E-state index contributed by atoms with van der Waals surface area (Å²) in [4.78, 5) is 4.58. The Morgan fingerprint density at radius 1 is 0.333 bits per heavy atom. The van der Waals surface area contributed by atoms with Crippen LogP contribution in [0.1, 0.15) is 155 Å². The van der Waals surface area contributed by atoms with Gasteiger partial charge in [-0.2, -0.15) is 0 Å². The van der Waals surface area contributed by atoms with Crippen LogP contribution >= 0.6 is 89.6 Å². The third-order valence-electron chi connectivity index (χ3n) is 9.78. The molecule has 0 saturated carbocycles. The summed E-state index contributed by atoms with van der Waals surface area (Å²) in [6.45, 7) is 13.8. The van der Waals surface area contributed by atoms with Gasteiger partial charge in [-0.1, -0.05) is 104 Å². The van der Waals surface area contributed by atoms with Crippen molar-refractivity contribution < 1.29 is 27.2 Å². The molecule has 0 aliphatic rings. The van der Waals surface area contributed by atoms with Crippen LogP contribution in [0, 0.1) is 0 Å². The minimum Gasteiger partial charge on any atom is -0.330 e. The van der Waals surface area contributed by atoms with Gasteiger partial charge in [0.1, 0.15) is 0 Å². The van der Waals surface area contributed by atoms with E-state index in [-0.39, 0.29) is 74.4 Å². The number of hydrogen-bond acceptors (Lipinski definition) is 12. The van der Waals surface area contributed by atoms with Gasteiger partial charge in [0.05, 0.1) is 38.8 Å². The Morgan fingerprint density at radius 2 is 0.550 bits per heavy atom. The highest BCUT2D eigenvalue weighted by Crippen LogP contribution is 2.49. The van der Waals surface area contributed by atoms with Gasteiger partial charge < -0.3 is 50.8 Å². The number of nitrogens with two attached hydrogens (primary N) is 4. The molecule has 0 saturated heterocycles. The third-order valence-corrected chi connectivity index (χ3v) is 13.6. The third kappa shape index (κ3) is 49.2. The van der Waals surface area contributed by atoms with E-state index in [1.54, 1.807) is 0 Å². The maximum atomic E-state index is 13.6. The molecule has 374 valence electrons. The lowest BCUT2D eigenvalue weighted by atomic mass is 10.1. The molecule has 2 atom stereocenters. The van der Waals surface area contributed by atoms with Crippen molar-refractivity contribution >= 4 is 89.6 Å². The van der Waals surface area contributed by atoms with E-state index < -0.39 is 15.2 Å². The van der Waals surface area contributed by atoms with Gasteiger partial charge in [-0.25, -0.2) is 0 Å². The quantitative estimate of drug-likeness (QED) is 0.0335. The summed E-state index contributed by atoms with van der Waals surface area (Å²) in [5, 5.41) is 0. The maximum Gasteiger partial charge on any atom is 0.331 e. The summed E-state index contributed by atoms with van der Waals surface area (Å²) in [6, 6.07) is 0. The minimum absolute atomic E-state index is 0. The lowest BCUT2D eigenvalue weighted by molar-refractivity contribution is 0.191. The zero-order chi connectivity index (χ0) is 39.9. The Bertz CT molecular complexity index is 825. The molecule has 0 heterocycles. The smallest absolute Gasteiger partial charge is 0.330 e. The number of hydrogen-bond donors (Lipinski definition) is 4. The van der Waals surface area contributed by atoms with Crippen molar-refractivity contribution in [3.8, 4) is 0 Å². The summed E-state index contributed by atoms with van der Waals surface area (Å²) >= 11 is 0. The average molecular weight is 1030 g/mol. The Kier molecular flexibility index (Phi) is 72.2. The first-order valence-corrected chi connectivity index (χ1v) is 25.8. The van der Waals surface area contributed by atoms with Crippen LogP contribution in [0.4, 0.5) is 0 Å². The van der Waals surface area contributed by atoms with Crippen molar-refractivity contribution in [2.75, 3.05) is 104 Å². The highest BCUT2D eigenvalue weighted by molar-refractivity contribution is 7.54. The van der Waals surface area contributed by atoms with Gasteiger partial charge in [0.25, 0.3) is 0 Å². The molecule has 0 aromatic rings. The fourth-order valence-electron chi connectivity index (χ4n) is 6.28. The first-order chi connectivity index (χ1) is 26.3. The fraction of sp³-hybridized carbons (Fsp3) is 1.00. The summed E-state index contributed by atoms with van der Waals surface area (Å²) in [6.07, 6.45) is 24.6. The highest BCUT2D eigenvalue weighted by Gasteiger charge is 2.26. The summed E-state index contributed by atoms with van der Waals surface area (Å²) in [7, 11) is -6.26. The standard InChI is InChI=1S/C40H90N6O6P2.6ClH/c1-3-5-17-35-49-53(47,39-33-45(29-21-25-41)30-22-26-42)51-37-19-15-13-11-9-7-8-10-12-14-16-20-38-52-54(48,50-36-18-6-4-2)40-34-46(31-23-27-43)32-24-28-44;;;;;;/h3-44H2,1-2H3;6*1H. The second-order valence-electron chi connectivity index (χ2n) is 14.9. The molecule has 0 spiro atoms. The van der Waals surface area contributed by atoms with Crippen LogP contribution in [-0.2, 0) is 27.2 Å². The monoisotopic (exact) mass is 1030 g/mol. The molecular weight excluding hydrogens is 935 g/mol. The second kappa shape index (κ2) is 56.9. The topological polar surface area (TPSA) is 182 Å². The molecule has 20 heteroatoms. The molecule has 0 radical (unpaired) electrons. The Balaban J connectivity index is -0.000000936. The van der Waals surface area contributed by atoms with Gasteiger partial charge in [0.15, 0.2) is 0 Å². The van der Waals surface area contributed by atoms with Gasteiger partial charge in [-0.05, 0) is 104 Å². The molecule has 0 aromatic heterocycles. The van der Waals surface area contributed by atoms with E-state index in [0.29, 0.717) is 78.0 Å². The van der Waals surface area contributed by atoms with Gasteiger partial charge >= 0.3 is 15.2 Å². The van der Waals surface area contributed by atoms with Crippen LogP contribution < -0.4 is 22.9 Å². The predicted octanol–water partition coefficient (Wildman–Crippen LogP) is 11.0. The van der Waals surface area contributed by atoms with Gasteiger partial charge in [-0.3, -0.25) is 9.13 Å². The molecule has 0 fully saturated rings. The summed E-state index contributed by atoms with van der Waals surface area (Å²) in [5.41, 5.74) is 22.9. The SMILES string of the molecule is CCCCCOP(=O)(CCN(CCCN)CCCN)OCCCCCCCCCCCCCCOP(=O)(CCN(CCCN)CCCN)OCCCCC.Cl.Cl.Cl.Cl.Cl.Cl. The van der Waals surface area contributed by atoms with Crippen molar-refractivity contribution in [1.82, 2.24) is 9.80 Å². The van der Waals surface area contributed by atoms with Crippen molar-refractivity contribution in [1.29, 1.82) is 0 Å². The molecule has 0 aromatic carbocycles. The number of rotatable bonds is 45. The van der Waals surface area contributed by atoms with E-state index in [9.17, 15) is 9.13 Å². The first-order valence-electron chi connectivity index (χ1n) is 22.3. The molecule has 0 amide bonds. The Labute approximate surface area is 406 Å². The zero-order valence-corrected chi connectivity index (χ0v) is 44.6. The van der Waals surface area contributed by atoms with Crippen molar-refractivity contribution in [3.05, 3.63) is 0 Å². The van der Waals surface area contributed by atoms with Crippen LogP contribution in [0.3, 0.4) is 0 Å². The lowest BCUT2D eigenvalue weighted by Crippen LogP contribution is -2.31. The van der Waals surface area contributed by atoms with E-state index >= 15 is 0 Å². The average Bonchev–Trinajstić information content (AvgIpc) is 3.17. The molecule has 60 heavy (non-hydrogen) atoms. The summed E-state index contributed by atoms with van der Waals surface area (Å²) < 4.78 is 51.0. The van der Waals surface area contributed by atoms with Gasteiger partial charge in [0, 0.05) is 13.1 Å². The van der Waals surface area contributed by atoms with E-state index in [2.05, 4.69) is 23.6 Å². The second-order valence-corrected chi connectivity index (χ2v) is 19.3. The van der Waals surface area contributed by atoms with Crippen molar-refractivity contribution in [2.45, 2.75) is 155 Å². The lowest BCUT2D eigenvalue weighted by Gasteiger charge is -2.25. The Morgan fingerprint density at radius 3 is 0.767 bits per heavy atom. The molecule has 0 aliphatic carbocycles. The highest BCUT2D eigenvalue weighted by atomic mass is 35.5. The molecule has 2 unspecified atom stereocenters. The van der Waals surface area contributed by atoms with Crippen LogP contribution in [0.2, 0.25) is 0 Å². The van der Waals surface area contributed by atoms with Crippen LogP contribution in [0.25, 0.3) is 0 Å². The van der Waals surface area contributed by atoms with Crippen molar-refractivity contribution in [2.24, 2.45) is 22.9 Å². The minimum atomic E-state index is -3.13. The van der Waals surface area contributed by atoms with E-state index in [1.807, 2.05) is 0 Å². The van der Waals surface area contributed by atoms with Gasteiger partial charge in [-0.15, -0.1) is 74.4 Å². The number of nitrogens with zero attached hydrogens (tertiary/aromatic N) is 2. The number of unbranched alkanes of at least 4 members (excludes halogenated alkanes) is 15. The van der Waals surface area contributed by atoms with E-state index in [0.717, 1.165) is 116 Å². The van der Waals surface area contributed by atoms with E-state index in [4.69, 9.17) is 41.0 Å². The van der Waals surface area contributed by atoms with E-state index in [1.165, 1.54) is 51.4 Å². The van der Waals surface area contributed by atoms with Crippen LogP contribution in [0.15, 0.2) is 0 Å². The molecule has 0 rings (SSSR count). The van der Waals surface area contributed by atoms with Gasteiger partial charge in [0.2, 0.25) is 0 Å². The first kappa shape index (κ1) is 76.1. The molecule has 8 N–H and O–H groups in total. The molecule has 12 nitrogen and oxygen atoms in total. The molecular formula is C40H96Cl6N6O6P2. The fourth-order valence-corrected chi connectivity index (χ4v) is 9.63. The predicted molar refractivity (Wildman–Crippen MR) is 274 cm³/mol. The zero-order valence-electron chi connectivity index (χ0n) is 37.9. The largest absolute Gasteiger partial charge is 0.331 e. The Hall–Kier alpha value is 1.80. The van der Waals surface area contributed by atoms with Crippen LogP contribution in [0.5, 0.6) is 0 Å². The summed E-state index contributed by atoms with van der Waals surface area (Å²) in [5.74, 6) is 0. The van der Waals surface area contributed by atoms with Crippen molar-refractivity contribution in [3.63, 3.8) is 0 Å².